The van der Waals surface area contributed by atoms with Gasteiger partial charge in [-0.05, 0) is 5.92 Å². The third-order valence-corrected chi connectivity index (χ3v) is 3.15. The molecule has 0 aromatic carbocycles. The van der Waals surface area contributed by atoms with Crippen LogP contribution in [-0.4, -0.2) is 51.7 Å². The molecule has 1 aliphatic rings. The van der Waals surface area contributed by atoms with E-state index in [4.69, 9.17) is 10.8 Å². The summed E-state index contributed by atoms with van der Waals surface area (Å²) in [6.07, 6.45) is -0.540. The van der Waals surface area contributed by atoms with Crippen molar-refractivity contribution in [3.8, 4) is 0 Å². The van der Waals surface area contributed by atoms with Crippen molar-refractivity contribution in [2.75, 3.05) is 6.54 Å². The van der Waals surface area contributed by atoms with Gasteiger partial charge in [-0.1, -0.05) is 13.8 Å². The lowest BCUT2D eigenvalue weighted by Gasteiger charge is -2.24. The molecule has 1 fully saturated rings. The molecular formula is C11H20N2O4. The van der Waals surface area contributed by atoms with Crippen LogP contribution in [0.25, 0.3) is 0 Å². The number of β-amino-alcohol motifs (C(OH)–C–C–N with tert-alkyl or cyclic N) is 1. The first-order valence-corrected chi connectivity index (χ1v) is 5.78. The van der Waals surface area contributed by atoms with Crippen molar-refractivity contribution in [1.82, 2.24) is 4.90 Å². The summed E-state index contributed by atoms with van der Waals surface area (Å²) in [4.78, 5) is 24.1. The number of carboxylic acids is 1. The molecule has 1 heterocycles. The molecule has 98 valence electrons. The van der Waals surface area contributed by atoms with Crippen LogP contribution in [0.1, 0.15) is 26.7 Å². The maximum atomic E-state index is 11.9. The molecule has 1 unspecified atom stereocenters. The number of nitrogens with zero attached hydrogens (tertiary/aromatic N) is 1. The van der Waals surface area contributed by atoms with Gasteiger partial charge in [0.2, 0.25) is 5.91 Å². The smallest absolute Gasteiger partial charge is 0.326 e. The number of aliphatic hydroxyl groups excluding tert-OH is 1. The van der Waals surface area contributed by atoms with E-state index in [-0.39, 0.29) is 37.3 Å². The number of amides is 1. The predicted octanol–water partition coefficient (Wildman–Crippen LogP) is -0.594. The molecule has 0 spiro atoms. The quantitative estimate of drug-likeness (QED) is 0.613. The fraction of sp³-hybridized carbons (Fsp3) is 0.818. The van der Waals surface area contributed by atoms with Crippen molar-refractivity contribution in [3.05, 3.63) is 0 Å². The van der Waals surface area contributed by atoms with E-state index in [2.05, 4.69) is 0 Å². The van der Waals surface area contributed by atoms with E-state index >= 15 is 0 Å². The Morgan fingerprint density at radius 3 is 2.53 bits per heavy atom. The van der Waals surface area contributed by atoms with Gasteiger partial charge in [0.25, 0.3) is 0 Å². The number of carbonyl (C=O) groups excluding carboxylic acids is 1. The van der Waals surface area contributed by atoms with Crippen molar-refractivity contribution >= 4 is 11.9 Å². The normalized spacial score (nSPS) is 26.3. The third kappa shape index (κ3) is 3.41. The van der Waals surface area contributed by atoms with Crippen molar-refractivity contribution in [2.24, 2.45) is 11.7 Å². The van der Waals surface area contributed by atoms with Crippen LogP contribution < -0.4 is 5.73 Å². The molecule has 1 rings (SSSR count). The minimum atomic E-state index is -1.08. The highest BCUT2D eigenvalue weighted by molar-refractivity contribution is 5.84. The van der Waals surface area contributed by atoms with Gasteiger partial charge in [-0.3, -0.25) is 4.79 Å². The van der Waals surface area contributed by atoms with Crippen molar-refractivity contribution in [1.29, 1.82) is 0 Å². The molecule has 0 aromatic rings. The fourth-order valence-electron chi connectivity index (χ4n) is 1.88. The number of carboxylic acid groups (broad SMARTS) is 1. The summed E-state index contributed by atoms with van der Waals surface area (Å²) >= 11 is 0. The Morgan fingerprint density at radius 2 is 2.06 bits per heavy atom. The maximum Gasteiger partial charge on any atom is 0.326 e. The van der Waals surface area contributed by atoms with E-state index in [1.165, 1.54) is 4.90 Å². The summed E-state index contributed by atoms with van der Waals surface area (Å²) < 4.78 is 0. The van der Waals surface area contributed by atoms with Crippen molar-refractivity contribution < 1.29 is 19.8 Å². The molecule has 1 aliphatic heterocycles. The molecule has 0 aromatic heterocycles. The Kier molecular flexibility index (Phi) is 4.47. The van der Waals surface area contributed by atoms with Gasteiger partial charge in [0.15, 0.2) is 0 Å². The first-order chi connectivity index (χ1) is 7.82. The summed E-state index contributed by atoms with van der Waals surface area (Å²) in [6.45, 7) is 3.90. The summed E-state index contributed by atoms with van der Waals surface area (Å²) in [5.74, 6) is -1.21. The average Bonchev–Trinajstić information content (AvgIpc) is 2.60. The molecule has 6 heteroatoms. The van der Waals surface area contributed by atoms with E-state index in [9.17, 15) is 14.7 Å². The van der Waals surface area contributed by atoms with Crippen LogP contribution in [0.5, 0.6) is 0 Å². The van der Waals surface area contributed by atoms with Crippen molar-refractivity contribution in [3.63, 3.8) is 0 Å². The summed E-state index contributed by atoms with van der Waals surface area (Å²) in [6, 6.07) is -1.20. The number of hydrogen-bond donors (Lipinski definition) is 3. The lowest BCUT2D eigenvalue weighted by molar-refractivity contribution is -0.148. The Labute approximate surface area is 100 Å². The van der Waals surface area contributed by atoms with Crippen LogP contribution in [0.4, 0.5) is 0 Å². The predicted molar refractivity (Wildman–Crippen MR) is 61.2 cm³/mol. The van der Waals surface area contributed by atoms with Crippen LogP contribution >= 0.6 is 0 Å². The molecule has 3 atom stereocenters. The minimum Gasteiger partial charge on any atom is -0.480 e. The SMILES string of the molecule is CC(C)C(N)CC(=O)N1C[C@H](O)C[C@@H]1C(=O)O. The fourth-order valence-corrected chi connectivity index (χ4v) is 1.88. The van der Waals surface area contributed by atoms with Crippen LogP contribution in [0.2, 0.25) is 0 Å². The Bertz CT molecular complexity index is 306. The highest BCUT2D eigenvalue weighted by atomic mass is 16.4. The summed E-state index contributed by atoms with van der Waals surface area (Å²) in [5, 5.41) is 18.4. The largest absolute Gasteiger partial charge is 0.480 e. The zero-order valence-electron chi connectivity index (χ0n) is 10.2. The second-order valence-corrected chi connectivity index (χ2v) is 4.90. The number of aliphatic hydroxyl groups is 1. The van der Waals surface area contributed by atoms with Gasteiger partial charge in [0, 0.05) is 25.4 Å². The highest BCUT2D eigenvalue weighted by Gasteiger charge is 2.39. The topological polar surface area (TPSA) is 104 Å². The van der Waals surface area contributed by atoms with Gasteiger partial charge >= 0.3 is 5.97 Å². The number of rotatable bonds is 4. The highest BCUT2D eigenvalue weighted by Crippen LogP contribution is 2.20. The molecule has 6 nitrogen and oxygen atoms in total. The van der Waals surface area contributed by atoms with E-state index in [0.717, 1.165) is 0 Å². The van der Waals surface area contributed by atoms with E-state index in [0.29, 0.717) is 0 Å². The van der Waals surface area contributed by atoms with Gasteiger partial charge in [-0.2, -0.15) is 0 Å². The van der Waals surface area contributed by atoms with Crippen LogP contribution in [-0.2, 0) is 9.59 Å². The van der Waals surface area contributed by atoms with Crippen molar-refractivity contribution in [2.45, 2.75) is 44.9 Å². The second kappa shape index (κ2) is 5.46. The molecule has 1 amide bonds. The van der Waals surface area contributed by atoms with Gasteiger partial charge in [-0.25, -0.2) is 4.79 Å². The molecule has 1 saturated heterocycles. The second-order valence-electron chi connectivity index (χ2n) is 4.90. The van der Waals surface area contributed by atoms with Crippen LogP contribution in [0, 0.1) is 5.92 Å². The molecule has 0 bridgehead atoms. The summed E-state index contributed by atoms with van der Waals surface area (Å²) in [7, 11) is 0. The zero-order chi connectivity index (χ0) is 13.2. The number of likely N-dealkylation sites (tertiary alicyclic amines) is 1. The zero-order valence-corrected chi connectivity index (χ0v) is 10.2. The molecular weight excluding hydrogens is 224 g/mol. The van der Waals surface area contributed by atoms with Gasteiger partial charge in [0.05, 0.1) is 6.10 Å². The molecule has 0 saturated carbocycles. The lowest BCUT2D eigenvalue weighted by atomic mass is 10.0. The van der Waals surface area contributed by atoms with Gasteiger partial charge in [0.1, 0.15) is 6.04 Å². The molecule has 17 heavy (non-hydrogen) atoms. The molecule has 0 radical (unpaired) electrons. The maximum absolute atomic E-state index is 11.9. The Balaban J connectivity index is 2.64. The first kappa shape index (κ1) is 13.9. The lowest BCUT2D eigenvalue weighted by Crippen LogP contribution is -2.43. The Morgan fingerprint density at radius 1 is 1.47 bits per heavy atom. The number of aliphatic carboxylic acids is 1. The monoisotopic (exact) mass is 244 g/mol. The first-order valence-electron chi connectivity index (χ1n) is 5.78. The van der Waals surface area contributed by atoms with E-state index < -0.39 is 18.1 Å². The summed E-state index contributed by atoms with van der Waals surface area (Å²) in [5.41, 5.74) is 5.78. The van der Waals surface area contributed by atoms with Crippen LogP contribution in [0.3, 0.4) is 0 Å². The number of hydrogen-bond acceptors (Lipinski definition) is 4. The van der Waals surface area contributed by atoms with E-state index in [1.807, 2.05) is 13.8 Å². The van der Waals surface area contributed by atoms with E-state index in [1.54, 1.807) is 0 Å². The number of nitrogens with two attached hydrogens (primary N) is 1. The number of carbonyl (C=O) groups is 2. The Hall–Kier alpha value is -1.14. The minimum absolute atomic E-state index is 0.0839. The molecule has 0 aliphatic carbocycles. The van der Waals surface area contributed by atoms with Gasteiger partial charge in [-0.15, -0.1) is 0 Å². The van der Waals surface area contributed by atoms with Gasteiger partial charge < -0.3 is 20.8 Å². The molecule has 4 N–H and O–H groups in total. The third-order valence-electron chi connectivity index (χ3n) is 3.15. The van der Waals surface area contributed by atoms with Crippen LogP contribution in [0.15, 0.2) is 0 Å². The standard InChI is InChI=1S/C11H20N2O4/c1-6(2)8(12)4-10(15)13-5-7(14)3-9(13)11(16)17/h6-9,14H,3-5,12H2,1-2H3,(H,16,17)/t7-,8?,9-/m1/s1. The average molecular weight is 244 g/mol.